The number of carbonyl (C=O) groups excluding carboxylic acids is 1. The second kappa shape index (κ2) is 3.43. The molecule has 0 saturated heterocycles. The molecule has 1 N–H and O–H groups in total. The second-order valence-corrected chi connectivity index (χ2v) is 1.79. The van der Waals surface area contributed by atoms with Gasteiger partial charge in [0, 0.05) is 0 Å². The molecule has 0 aromatic heterocycles. The maximum absolute atomic E-state index is 9.99. The van der Waals surface area contributed by atoms with Crippen molar-refractivity contribution in [2.24, 2.45) is 5.16 Å². The lowest BCUT2D eigenvalue weighted by Gasteiger charge is -1.86. The summed E-state index contributed by atoms with van der Waals surface area (Å²) in [5.41, 5.74) is 0.324. The van der Waals surface area contributed by atoms with Crippen molar-refractivity contribution < 1.29 is 10.0 Å². The maximum Gasteiger partial charge on any atom is 0.227 e. The van der Waals surface area contributed by atoms with Crippen molar-refractivity contribution >= 4 is 22.6 Å². The highest BCUT2D eigenvalue weighted by Crippen LogP contribution is 1.90. The Morgan fingerprint density at radius 3 is 2.50 bits per heavy atom. The average Bonchev–Trinajstić information content (AvgIpc) is 1.65. The molecule has 0 bridgehead atoms. The summed E-state index contributed by atoms with van der Waals surface area (Å²) in [4.78, 5) is 9.99. The van der Waals surface area contributed by atoms with Crippen LogP contribution in [0.25, 0.3) is 0 Å². The predicted octanol–water partition coefficient (Wildman–Crippen LogP) is 0.992. The SMILES string of the molecule is CC(CC(=O)Cl)=NO. The first-order valence-electron chi connectivity index (χ1n) is 2.02. The van der Waals surface area contributed by atoms with Gasteiger partial charge in [-0.05, 0) is 18.5 Å². The van der Waals surface area contributed by atoms with Gasteiger partial charge >= 0.3 is 0 Å². The minimum Gasteiger partial charge on any atom is -0.411 e. The van der Waals surface area contributed by atoms with Crippen LogP contribution in [0.5, 0.6) is 0 Å². The normalized spacial score (nSPS) is 11.5. The minimum atomic E-state index is -0.514. The zero-order valence-corrected chi connectivity index (χ0v) is 5.14. The third-order valence-electron chi connectivity index (χ3n) is 0.566. The molecule has 46 valence electrons. The highest BCUT2D eigenvalue weighted by Gasteiger charge is 1.97. The third-order valence-corrected chi connectivity index (χ3v) is 0.699. The molecule has 0 radical (unpaired) electrons. The van der Waals surface area contributed by atoms with Gasteiger partial charge in [0.2, 0.25) is 5.24 Å². The van der Waals surface area contributed by atoms with Crippen molar-refractivity contribution in [3.63, 3.8) is 0 Å². The molecule has 0 spiro atoms. The van der Waals surface area contributed by atoms with Crippen LogP contribution in [0.3, 0.4) is 0 Å². The number of carbonyl (C=O) groups is 1. The summed E-state index contributed by atoms with van der Waals surface area (Å²) in [5, 5.41) is 10.2. The van der Waals surface area contributed by atoms with Gasteiger partial charge in [0.1, 0.15) is 0 Å². The Morgan fingerprint density at radius 1 is 1.88 bits per heavy atom. The highest BCUT2D eigenvalue weighted by molar-refractivity contribution is 6.65. The Kier molecular flexibility index (Phi) is 3.19. The number of oxime groups is 1. The molecular weight excluding hydrogens is 130 g/mol. The van der Waals surface area contributed by atoms with Crippen LogP contribution in [0.1, 0.15) is 13.3 Å². The van der Waals surface area contributed by atoms with Gasteiger partial charge in [0.25, 0.3) is 0 Å². The van der Waals surface area contributed by atoms with Crippen molar-refractivity contribution in [2.45, 2.75) is 13.3 Å². The van der Waals surface area contributed by atoms with Crippen LogP contribution in [0.2, 0.25) is 0 Å². The molecule has 0 rings (SSSR count). The van der Waals surface area contributed by atoms with Crippen molar-refractivity contribution in [2.75, 3.05) is 0 Å². The van der Waals surface area contributed by atoms with Crippen LogP contribution < -0.4 is 0 Å². The second-order valence-electron chi connectivity index (χ2n) is 1.37. The number of halogens is 1. The molecule has 0 aliphatic carbocycles. The van der Waals surface area contributed by atoms with E-state index in [4.69, 9.17) is 16.8 Å². The monoisotopic (exact) mass is 135 g/mol. The van der Waals surface area contributed by atoms with Gasteiger partial charge < -0.3 is 5.21 Å². The van der Waals surface area contributed by atoms with E-state index >= 15 is 0 Å². The highest BCUT2D eigenvalue weighted by atomic mass is 35.5. The van der Waals surface area contributed by atoms with Gasteiger partial charge in [-0.1, -0.05) is 5.16 Å². The third kappa shape index (κ3) is 3.61. The van der Waals surface area contributed by atoms with E-state index in [-0.39, 0.29) is 6.42 Å². The fourth-order valence-corrected chi connectivity index (χ4v) is 0.430. The Bertz CT molecular complexity index is 121. The summed E-state index contributed by atoms with van der Waals surface area (Å²) in [6, 6.07) is 0. The standard InChI is InChI=1S/C4H6ClNO2/c1-3(6-8)2-4(5)7/h8H,2H2,1H3. The summed E-state index contributed by atoms with van der Waals surface area (Å²) in [6.45, 7) is 1.51. The molecule has 0 aliphatic heterocycles. The van der Waals surface area contributed by atoms with Crippen molar-refractivity contribution in [3.05, 3.63) is 0 Å². The van der Waals surface area contributed by atoms with Crippen molar-refractivity contribution in [3.8, 4) is 0 Å². The lowest BCUT2D eigenvalue weighted by molar-refractivity contribution is -0.110. The molecule has 0 aliphatic rings. The van der Waals surface area contributed by atoms with E-state index in [1.807, 2.05) is 0 Å². The molecule has 0 saturated carbocycles. The topological polar surface area (TPSA) is 49.7 Å². The van der Waals surface area contributed by atoms with E-state index in [0.717, 1.165) is 0 Å². The predicted molar refractivity (Wildman–Crippen MR) is 30.4 cm³/mol. The quantitative estimate of drug-likeness (QED) is 0.266. The lowest BCUT2D eigenvalue weighted by Crippen LogP contribution is -1.96. The molecular formula is C4H6ClNO2. The van der Waals surface area contributed by atoms with Crippen LogP contribution in [0.4, 0.5) is 0 Å². The maximum atomic E-state index is 9.99. The first-order valence-corrected chi connectivity index (χ1v) is 2.40. The number of nitrogens with zero attached hydrogens (tertiary/aromatic N) is 1. The molecule has 0 aromatic rings. The molecule has 0 heterocycles. The number of hydrogen-bond donors (Lipinski definition) is 1. The zero-order chi connectivity index (χ0) is 6.57. The lowest BCUT2D eigenvalue weighted by atomic mass is 10.3. The largest absolute Gasteiger partial charge is 0.411 e. The fourth-order valence-electron chi connectivity index (χ4n) is 0.236. The van der Waals surface area contributed by atoms with Crippen molar-refractivity contribution in [1.29, 1.82) is 0 Å². The zero-order valence-electron chi connectivity index (χ0n) is 4.39. The fraction of sp³-hybridized carbons (Fsp3) is 0.500. The van der Waals surface area contributed by atoms with Gasteiger partial charge in [0.15, 0.2) is 0 Å². The Hall–Kier alpha value is -0.570. The van der Waals surface area contributed by atoms with E-state index in [9.17, 15) is 4.79 Å². The van der Waals surface area contributed by atoms with E-state index < -0.39 is 5.24 Å². The molecule has 0 unspecified atom stereocenters. The van der Waals surface area contributed by atoms with Crippen LogP contribution in [0, 0.1) is 0 Å². The summed E-state index contributed by atoms with van der Waals surface area (Å²) in [5.74, 6) is 0. The molecule has 3 nitrogen and oxygen atoms in total. The van der Waals surface area contributed by atoms with E-state index in [1.165, 1.54) is 6.92 Å². The average molecular weight is 136 g/mol. The van der Waals surface area contributed by atoms with Gasteiger partial charge in [-0.15, -0.1) is 0 Å². The first kappa shape index (κ1) is 7.43. The first-order chi connectivity index (χ1) is 3.66. The van der Waals surface area contributed by atoms with Gasteiger partial charge in [-0.25, -0.2) is 0 Å². The molecule has 0 aromatic carbocycles. The molecule has 0 atom stereocenters. The molecule has 0 amide bonds. The summed E-state index contributed by atoms with van der Waals surface area (Å²) >= 11 is 4.92. The van der Waals surface area contributed by atoms with Gasteiger partial charge in [-0.2, -0.15) is 0 Å². The van der Waals surface area contributed by atoms with E-state index in [2.05, 4.69) is 5.16 Å². The number of rotatable bonds is 2. The van der Waals surface area contributed by atoms with Crippen LogP contribution >= 0.6 is 11.6 Å². The summed E-state index contributed by atoms with van der Waals surface area (Å²) in [6.07, 6.45) is 0.0120. The van der Waals surface area contributed by atoms with Gasteiger partial charge in [-0.3, -0.25) is 4.79 Å². The smallest absolute Gasteiger partial charge is 0.227 e. The molecule has 0 fully saturated rings. The Morgan fingerprint density at radius 2 is 2.38 bits per heavy atom. The number of hydrogen-bond acceptors (Lipinski definition) is 3. The van der Waals surface area contributed by atoms with Gasteiger partial charge in [0.05, 0.1) is 12.1 Å². The molecule has 4 heteroatoms. The Labute approximate surface area is 51.9 Å². The minimum absolute atomic E-state index is 0.0120. The summed E-state index contributed by atoms with van der Waals surface area (Å²) < 4.78 is 0. The van der Waals surface area contributed by atoms with Crippen molar-refractivity contribution in [1.82, 2.24) is 0 Å². The molecule has 8 heavy (non-hydrogen) atoms. The van der Waals surface area contributed by atoms with Crippen LogP contribution in [-0.2, 0) is 4.79 Å². The Balaban J connectivity index is 3.56. The van der Waals surface area contributed by atoms with E-state index in [0.29, 0.717) is 5.71 Å². The van der Waals surface area contributed by atoms with Crippen LogP contribution in [0.15, 0.2) is 5.16 Å². The van der Waals surface area contributed by atoms with E-state index in [1.54, 1.807) is 0 Å². The van der Waals surface area contributed by atoms with Crippen LogP contribution in [-0.4, -0.2) is 16.2 Å². The summed E-state index contributed by atoms with van der Waals surface area (Å²) in [7, 11) is 0.